The van der Waals surface area contributed by atoms with Gasteiger partial charge in [0.05, 0.1) is 5.52 Å². The van der Waals surface area contributed by atoms with Gasteiger partial charge in [-0.15, -0.1) is 10.2 Å². The molecule has 0 fully saturated rings. The molecule has 0 bridgehead atoms. The van der Waals surface area contributed by atoms with Crippen molar-refractivity contribution in [3.05, 3.63) is 78.6 Å². The van der Waals surface area contributed by atoms with Crippen molar-refractivity contribution >= 4 is 40.1 Å². The molecule has 3 heterocycles. The summed E-state index contributed by atoms with van der Waals surface area (Å²) in [5, 5.41) is 19.3. The van der Waals surface area contributed by atoms with Crippen LogP contribution in [0.15, 0.2) is 67.5 Å². The molecule has 0 amide bonds. The summed E-state index contributed by atoms with van der Waals surface area (Å²) in [5.41, 5.74) is 9.97. The van der Waals surface area contributed by atoms with Gasteiger partial charge < -0.3 is 20.9 Å². The van der Waals surface area contributed by atoms with Gasteiger partial charge in [-0.25, -0.2) is 19.7 Å². The quantitative estimate of drug-likeness (QED) is 0.281. The lowest BCUT2D eigenvalue weighted by atomic mass is 10.1. The lowest BCUT2D eigenvalue weighted by Crippen LogP contribution is -2.21. The molecule has 0 aliphatic heterocycles. The summed E-state index contributed by atoms with van der Waals surface area (Å²) in [6, 6.07) is 13.6. The molecule has 200 valence electrons. The zero-order valence-corrected chi connectivity index (χ0v) is 20.3. The fraction of sp³-hybridized carbons (Fsp3) is 0.120. The minimum atomic E-state index is -5.08. The Morgan fingerprint density at radius 3 is 2.64 bits per heavy atom. The SMILES string of the molecule is Cc1cc(Nc2ncnc3ccc(/C=C/CN)cc23)ccc1Oc1cc2nncn2cn1.O=C(O)C(F)(F)F. The fourth-order valence-electron chi connectivity index (χ4n) is 3.34. The van der Waals surface area contributed by atoms with Crippen molar-refractivity contribution in [2.75, 3.05) is 11.9 Å². The highest BCUT2D eigenvalue weighted by Gasteiger charge is 2.38. The van der Waals surface area contributed by atoms with E-state index in [0.29, 0.717) is 23.8 Å². The van der Waals surface area contributed by atoms with Crippen molar-refractivity contribution in [3.8, 4) is 11.6 Å². The van der Waals surface area contributed by atoms with E-state index in [9.17, 15) is 13.2 Å². The van der Waals surface area contributed by atoms with Gasteiger partial charge in [0.25, 0.3) is 0 Å². The average molecular weight is 538 g/mol. The van der Waals surface area contributed by atoms with Crippen molar-refractivity contribution in [2.24, 2.45) is 5.73 Å². The third kappa shape index (κ3) is 6.81. The van der Waals surface area contributed by atoms with Crippen LogP contribution in [0.4, 0.5) is 24.7 Å². The van der Waals surface area contributed by atoms with Gasteiger partial charge in [0, 0.05) is 23.7 Å². The van der Waals surface area contributed by atoms with Gasteiger partial charge >= 0.3 is 12.1 Å². The summed E-state index contributed by atoms with van der Waals surface area (Å²) < 4.78 is 39.4. The van der Waals surface area contributed by atoms with Crippen LogP contribution in [0.2, 0.25) is 0 Å². The summed E-state index contributed by atoms with van der Waals surface area (Å²) in [6.45, 7) is 2.47. The fourth-order valence-corrected chi connectivity index (χ4v) is 3.34. The molecule has 5 rings (SSSR count). The van der Waals surface area contributed by atoms with Crippen molar-refractivity contribution in [2.45, 2.75) is 13.1 Å². The van der Waals surface area contributed by atoms with Gasteiger partial charge in [-0.3, -0.25) is 4.40 Å². The van der Waals surface area contributed by atoms with Crippen LogP contribution >= 0.6 is 0 Å². The lowest BCUT2D eigenvalue weighted by Gasteiger charge is -2.12. The number of nitrogens with zero attached hydrogens (tertiary/aromatic N) is 6. The molecule has 4 N–H and O–H groups in total. The highest BCUT2D eigenvalue weighted by atomic mass is 19.4. The molecule has 0 unspecified atom stereocenters. The summed E-state index contributed by atoms with van der Waals surface area (Å²) in [4.78, 5) is 22.0. The first-order valence-corrected chi connectivity index (χ1v) is 11.3. The first-order chi connectivity index (χ1) is 18.6. The number of anilines is 2. The van der Waals surface area contributed by atoms with E-state index in [0.717, 1.165) is 33.5 Å². The Morgan fingerprint density at radius 1 is 1.13 bits per heavy atom. The van der Waals surface area contributed by atoms with Crippen LogP contribution in [0.1, 0.15) is 11.1 Å². The second kappa shape index (κ2) is 11.5. The number of carboxylic acids is 1. The number of rotatable bonds is 6. The van der Waals surface area contributed by atoms with Gasteiger partial charge in [0.15, 0.2) is 5.65 Å². The maximum Gasteiger partial charge on any atom is 0.490 e. The minimum Gasteiger partial charge on any atom is -0.475 e. The van der Waals surface area contributed by atoms with E-state index < -0.39 is 12.1 Å². The van der Waals surface area contributed by atoms with Crippen molar-refractivity contribution in [1.82, 2.24) is 29.5 Å². The second-order valence-corrected chi connectivity index (χ2v) is 7.97. The van der Waals surface area contributed by atoms with Crippen molar-refractivity contribution in [3.63, 3.8) is 0 Å². The van der Waals surface area contributed by atoms with Crippen LogP contribution in [0.25, 0.3) is 22.6 Å². The second-order valence-electron chi connectivity index (χ2n) is 7.97. The smallest absolute Gasteiger partial charge is 0.475 e. The number of alkyl halides is 3. The van der Waals surface area contributed by atoms with Crippen LogP contribution in [-0.4, -0.2) is 53.3 Å². The summed E-state index contributed by atoms with van der Waals surface area (Å²) in [6.07, 6.45) is 3.57. The third-order valence-electron chi connectivity index (χ3n) is 5.16. The summed E-state index contributed by atoms with van der Waals surface area (Å²) in [7, 11) is 0. The van der Waals surface area contributed by atoms with E-state index >= 15 is 0 Å². The molecular formula is C25H21F3N8O3. The molecule has 3 aromatic heterocycles. The number of aliphatic carboxylic acids is 1. The normalized spacial score (nSPS) is 11.4. The maximum atomic E-state index is 10.6. The Kier molecular flexibility index (Phi) is 7.96. The van der Waals surface area contributed by atoms with E-state index in [4.69, 9.17) is 20.4 Å². The van der Waals surface area contributed by atoms with E-state index in [1.807, 2.05) is 55.5 Å². The van der Waals surface area contributed by atoms with Gasteiger partial charge in [0.1, 0.15) is 30.5 Å². The number of hydrogen-bond acceptors (Lipinski definition) is 9. The number of halogens is 3. The number of nitrogens with one attached hydrogen (secondary N) is 1. The number of benzene rings is 2. The number of aryl methyl sites for hydroxylation is 1. The lowest BCUT2D eigenvalue weighted by molar-refractivity contribution is -0.192. The number of aromatic nitrogens is 6. The molecule has 11 nitrogen and oxygen atoms in total. The van der Waals surface area contributed by atoms with Crippen LogP contribution in [0, 0.1) is 6.92 Å². The molecule has 0 aliphatic carbocycles. The van der Waals surface area contributed by atoms with Gasteiger partial charge in [0.2, 0.25) is 5.88 Å². The first kappa shape index (κ1) is 26.9. The number of carboxylic acid groups (broad SMARTS) is 1. The Hall–Kier alpha value is -5.11. The largest absolute Gasteiger partial charge is 0.490 e. The number of carbonyl (C=O) groups is 1. The topological polar surface area (TPSA) is 153 Å². The minimum absolute atomic E-state index is 0.453. The van der Waals surface area contributed by atoms with Gasteiger partial charge in [-0.05, 0) is 48.4 Å². The molecule has 14 heteroatoms. The number of nitrogens with two attached hydrogens (primary N) is 1. The van der Waals surface area contributed by atoms with Gasteiger partial charge in [-0.1, -0.05) is 18.2 Å². The number of hydrogen-bond donors (Lipinski definition) is 3. The predicted molar refractivity (Wildman–Crippen MR) is 137 cm³/mol. The Balaban J connectivity index is 0.000000448. The molecule has 0 spiro atoms. The van der Waals surface area contributed by atoms with Crippen LogP contribution in [0.5, 0.6) is 11.6 Å². The molecular weight excluding hydrogens is 517 g/mol. The van der Waals surface area contributed by atoms with Crippen molar-refractivity contribution in [1.29, 1.82) is 0 Å². The Morgan fingerprint density at radius 2 is 1.92 bits per heavy atom. The van der Waals surface area contributed by atoms with Crippen LogP contribution in [0.3, 0.4) is 0 Å². The standard InChI is InChI=1S/C23H20N8O.C2HF3O2/c1-15-9-17(5-7-20(15)32-22-11-21-30-28-14-31(21)13-27-22)29-23-18-10-16(3-2-8-24)4-6-19(18)25-12-26-23;3-2(4,5)1(6)7/h2-7,9-14H,8,24H2,1H3,(H,25,26,29);(H,6,7)/b3-2+;. The number of fused-ring (bicyclic) bond motifs is 2. The molecule has 0 saturated heterocycles. The van der Waals surface area contributed by atoms with E-state index in [-0.39, 0.29) is 0 Å². The maximum absolute atomic E-state index is 10.6. The molecule has 2 aromatic carbocycles. The van der Waals surface area contributed by atoms with E-state index in [1.54, 1.807) is 29.4 Å². The third-order valence-corrected chi connectivity index (χ3v) is 5.16. The highest BCUT2D eigenvalue weighted by Crippen LogP contribution is 2.29. The van der Waals surface area contributed by atoms with E-state index in [1.165, 1.54) is 0 Å². The van der Waals surface area contributed by atoms with Crippen LogP contribution in [-0.2, 0) is 4.79 Å². The van der Waals surface area contributed by atoms with Crippen molar-refractivity contribution < 1.29 is 27.8 Å². The molecule has 5 aromatic rings. The first-order valence-electron chi connectivity index (χ1n) is 11.3. The average Bonchev–Trinajstić information content (AvgIpc) is 3.37. The molecule has 0 atom stereocenters. The Labute approximate surface area is 218 Å². The molecule has 0 aliphatic rings. The zero-order valence-electron chi connectivity index (χ0n) is 20.3. The molecule has 0 radical (unpaired) electrons. The highest BCUT2D eigenvalue weighted by molar-refractivity contribution is 5.92. The predicted octanol–water partition coefficient (Wildman–Crippen LogP) is 4.52. The zero-order chi connectivity index (χ0) is 28.0. The molecule has 39 heavy (non-hydrogen) atoms. The molecule has 0 saturated carbocycles. The number of ether oxygens (including phenoxy) is 1. The van der Waals surface area contributed by atoms with Crippen LogP contribution < -0.4 is 15.8 Å². The summed E-state index contributed by atoms with van der Waals surface area (Å²) in [5.74, 6) is -0.875. The van der Waals surface area contributed by atoms with E-state index in [2.05, 4.69) is 30.5 Å². The Bertz CT molecular complexity index is 1650. The summed E-state index contributed by atoms with van der Waals surface area (Å²) >= 11 is 0. The monoisotopic (exact) mass is 538 g/mol. The van der Waals surface area contributed by atoms with Gasteiger partial charge in [-0.2, -0.15) is 13.2 Å².